The van der Waals surface area contributed by atoms with Crippen molar-refractivity contribution in [2.24, 2.45) is 0 Å². The largest absolute Gasteiger partial charge is 0.495 e. The Morgan fingerprint density at radius 3 is 2.69 bits per heavy atom. The molecule has 164 valence electrons. The third-order valence-corrected chi connectivity index (χ3v) is 5.71. The molecule has 0 atom stereocenters. The minimum Gasteiger partial charge on any atom is -0.495 e. The number of ether oxygens (including phenoxy) is 1. The number of methoxy groups -OCH3 is 1. The van der Waals surface area contributed by atoms with Gasteiger partial charge in [-0.1, -0.05) is 18.2 Å². The van der Waals surface area contributed by atoms with Crippen LogP contribution in [0, 0.1) is 0 Å². The van der Waals surface area contributed by atoms with E-state index in [0.29, 0.717) is 30.0 Å². The molecule has 1 aliphatic heterocycles. The molecule has 10 heteroatoms. The Bertz CT molecular complexity index is 1220. The summed E-state index contributed by atoms with van der Waals surface area (Å²) in [6.45, 7) is 2.46. The molecule has 0 unspecified atom stereocenters. The number of likely N-dealkylation sites (tertiary alicyclic amines) is 1. The lowest BCUT2D eigenvalue weighted by molar-refractivity contribution is 0.197. The van der Waals surface area contributed by atoms with Gasteiger partial charge in [-0.25, -0.2) is 0 Å². The first-order valence-corrected chi connectivity index (χ1v) is 10.6. The molecule has 1 aliphatic rings. The molecule has 3 N–H and O–H groups in total. The lowest BCUT2D eigenvalue weighted by atomic mass is 9.96. The maximum absolute atomic E-state index is 5.96. The first kappa shape index (κ1) is 20.1. The summed E-state index contributed by atoms with van der Waals surface area (Å²) in [4.78, 5) is 15.5. The number of aromatic nitrogens is 6. The molecular weight excluding hydrogens is 406 g/mol. The minimum absolute atomic E-state index is 0.192. The van der Waals surface area contributed by atoms with Crippen molar-refractivity contribution in [1.29, 1.82) is 0 Å². The number of nitrogens with zero attached hydrogens (tertiary/aromatic N) is 7. The van der Waals surface area contributed by atoms with Crippen LogP contribution >= 0.6 is 0 Å². The van der Waals surface area contributed by atoms with Gasteiger partial charge in [0.1, 0.15) is 17.4 Å². The molecule has 1 aromatic carbocycles. The number of para-hydroxylation sites is 2. The van der Waals surface area contributed by atoms with Crippen LogP contribution in [-0.4, -0.2) is 54.6 Å². The predicted molar refractivity (Wildman–Crippen MR) is 121 cm³/mol. The quantitative estimate of drug-likeness (QED) is 0.475. The van der Waals surface area contributed by atoms with E-state index in [1.165, 1.54) is 0 Å². The third-order valence-electron chi connectivity index (χ3n) is 5.71. The molecular formula is C22H25N9O. The van der Waals surface area contributed by atoms with Gasteiger partial charge in [0.25, 0.3) is 0 Å². The summed E-state index contributed by atoms with van der Waals surface area (Å²) in [5, 5.41) is 11.9. The van der Waals surface area contributed by atoms with Crippen LogP contribution in [0.3, 0.4) is 0 Å². The van der Waals surface area contributed by atoms with Gasteiger partial charge >= 0.3 is 0 Å². The van der Waals surface area contributed by atoms with Crippen LogP contribution in [0.4, 0.5) is 17.6 Å². The van der Waals surface area contributed by atoms with E-state index in [4.69, 9.17) is 10.5 Å². The van der Waals surface area contributed by atoms with Crippen molar-refractivity contribution in [3.63, 3.8) is 0 Å². The summed E-state index contributed by atoms with van der Waals surface area (Å²) < 4.78 is 7.47. The summed E-state index contributed by atoms with van der Waals surface area (Å²) >= 11 is 0. The summed E-state index contributed by atoms with van der Waals surface area (Å²) in [7, 11) is 1.62. The third kappa shape index (κ3) is 4.17. The van der Waals surface area contributed by atoms with Crippen LogP contribution in [-0.2, 0) is 6.54 Å². The molecule has 4 heterocycles. The van der Waals surface area contributed by atoms with Gasteiger partial charge in [-0.15, -0.1) is 10.2 Å². The lowest BCUT2D eigenvalue weighted by Crippen LogP contribution is -2.33. The summed E-state index contributed by atoms with van der Waals surface area (Å²) in [6.07, 6.45) is 4.03. The highest BCUT2D eigenvalue weighted by molar-refractivity contribution is 5.62. The molecule has 0 spiro atoms. The van der Waals surface area contributed by atoms with E-state index in [1.807, 2.05) is 48.7 Å². The second-order valence-corrected chi connectivity index (χ2v) is 7.80. The zero-order chi connectivity index (χ0) is 21.9. The van der Waals surface area contributed by atoms with Crippen molar-refractivity contribution in [2.75, 3.05) is 31.2 Å². The zero-order valence-electron chi connectivity index (χ0n) is 17.8. The van der Waals surface area contributed by atoms with Crippen molar-refractivity contribution in [3.8, 4) is 5.75 Å². The van der Waals surface area contributed by atoms with E-state index in [0.717, 1.165) is 43.1 Å². The number of nitrogens with one attached hydrogen (secondary N) is 1. The molecule has 4 aromatic rings. The standard InChI is InChI=1S/C22H25N9O/c1-32-17-7-3-2-6-16(17)24-22-26-18(25-21(23)27-22)14-30-12-9-15(10-13-30)20-29-28-19-8-4-5-11-31(19)20/h2-8,11,15H,9-10,12-14H2,1H3,(H3,23,24,25,26,27). The summed E-state index contributed by atoms with van der Waals surface area (Å²) in [6, 6.07) is 13.6. The first-order chi connectivity index (χ1) is 15.7. The van der Waals surface area contributed by atoms with Crippen LogP contribution in [0.5, 0.6) is 5.75 Å². The van der Waals surface area contributed by atoms with Gasteiger partial charge < -0.3 is 15.8 Å². The molecule has 0 amide bonds. The number of pyridine rings is 1. The second kappa shape index (κ2) is 8.75. The molecule has 0 radical (unpaired) electrons. The molecule has 0 saturated carbocycles. The highest BCUT2D eigenvalue weighted by atomic mass is 16.5. The average molecular weight is 432 g/mol. The van der Waals surface area contributed by atoms with Gasteiger partial charge in [-0.3, -0.25) is 9.30 Å². The zero-order valence-corrected chi connectivity index (χ0v) is 17.8. The Labute approximate surface area is 185 Å². The van der Waals surface area contributed by atoms with E-state index in [9.17, 15) is 0 Å². The van der Waals surface area contributed by atoms with Gasteiger partial charge in [0.05, 0.1) is 19.3 Å². The predicted octanol–water partition coefficient (Wildman–Crippen LogP) is 2.63. The van der Waals surface area contributed by atoms with Gasteiger partial charge in [0, 0.05) is 12.1 Å². The fraction of sp³-hybridized carbons (Fsp3) is 0.318. The van der Waals surface area contributed by atoms with Gasteiger partial charge in [0.15, 0.2) is 5.65 Å². The van der Waals surface area contributed by atoms with E-state index in [2.05, 4.69) is 39.8 Å². The second-order valence-electron chi connectivity index (χ2n) is 7.80. The van der Waals surface area contributed by atoms with Crippen molar-refractivity contribution in [3.05, 3.63) is 60.3 Å². The van der Waals surface area contributed by atoms with Crippen LogP contribution in [0.2, 0.25) is 0 Å². The Morgan fingerprint density at radius 1 is 1.03 bits per heavy atom. The number of nitrogen functional groups attached to an aromatic ring is 1. The monoisotopic (exact) mass is 431 g/mol. The maximum Gasteiger partial charge on any atom is 0.232 e. The van der Waals surface area contributed by atoms with E-state index in [-0.39, 0.29) is 5.95 Å². The number of rotatable bonds is 6. The van der Waals surface area contributed by atoms with Crippen LogP contribution in [0.15, 0.2) is 48.7 Å². The molecule has 10 nitrogen and oxygen atoms in total. The Kier molecular flexibility index (Phi) is 5.51. The minimum atomic E-state index is 0.192. The number of nitrogens with two attached hydrogens (primary N) is 1. The fourth-order valence-corrected chi connectivity index (χ4v) is 4.12. The topological polar surface area (TPSA) is 119 Å². The van der Waals surface area contributed by atoms with Crippen molar-refractivity contribution in [1.82, 2.24) is 34.4 Å². The number of hydrogen-bond donors (Lipinski definition) is 2. The highest BCUT2D eigenvalue weighted by Crippen LogP contribution is 2.28. The number of piperidine rings is 1. The van der Waals surface area contributed by atoms with Gasteiger partial charge in [0.2, 0.25) is 11.9 Å². The number of anilines is 3. The molecule has 0 bridgehead atoms. The lowest BCUT2D eigenvalue weighted by Gasteiger charge is -2.30. The molecule has 5 rings (SSSR count). The van der Waals surface area contributed by atoms with E-state index >= 15 is 0 Å². The van der Waals surface area contributed by atoms with Gasteiger partial charge in [-0.2, -0.15) is 15.0 Å². The highest BCUT2D eigenvalue weighted by Gasteiger charge is 2.25. The first-order valence-electron chi connectivity index (χ1n) is 10.6. The smallest absolute Gasteiger partial charge is 0.232 e. The normalized spacial score (nSPS) is 15.2. The van der Waals surface area contributed by atoms with Crippen molar-refractivity contribution in [2.45, 2.75) is 25.3 Å². The summed E-state index contributed by atoms with van der Waals surface area (Å²) in [5.74, 6) is 3.36. The number of fused-ring (bicyclic) bond motifs is 1. The molecule has 1 saturated heterocycles. The Balaban J connectivity index is 1.25. The number of benzene rings is 1. The average Bonchev–Trinajstić information content (AvgIpc) is 3.24. The summed E-state index contributed by atoms with van der Waals surface area (Å²) in [5.41, 5.74) is 7.62. The molecule has 32 heavy (non-hydrogen) atoms. The van der Waals surface area contributed by atoms with Gasteiger partial charge in [-0.05, 0) is 50.2 Å². The van der Waals surface area contributed by atoms with E-state index in [1.54, 1.807) is 7.11 Å². The van der Waals surface area contributed by atoms with Crippen LogP contribution in [0.25, 0.3) is 5.65 Å². The Morgan fingerprint density at radius 2 is 1.84 bits per heavy atom. The molecule has 0 aliphatic carbocycles. The molecule has 1 fully saturated rings. The van der Waals surface area contributed by atoms with Crippen LogP contribution < -0.4 is 15.8 Å². The fourth-order valence-electron chi connectivity index (χ4n) is 4.12. The van der Waals surface area contributed by atoms with Crippen molar-refractivity contribution >= 4 is 23.2 Å². The maximum atomic E-state index is 5.96. The number of hydrogen-bond acceptors (Lipinski definition) is 9. The SMILES string of the molecule is COc1ccccc1Nc1nc(N)nc(CN2CCC(c3nnc4ccccn34)CC2)n1. The van der Waals surface area contributed by atoms with Crippen molar-refractivity contribution < 1.29 is 4.74 Å². The van der Waals surface area contributed by atoms with E-state index < -0.39 is 0 Å². The Hall–Kier alpha value is -3.79. The molecule has 3 aromatic heterocycles. The van der Waals surface area contributed by atoms with Crippen LogP contribution in [0.1, 0.15) is 30.4 Å².